The average Bonchev–Trinajstić information content (AvgIpc) is 2.96. The summed E-state index contributed by atoms with van der Waals surface area (Å²) in [5, 5.41) is 7.12. The van der Waals surface area contributed by atoms with E-state index in [9.17, 15) is 9.59 Å². The molecule has 0 saturated heterocycles. The Kier molecular flexibility index (Phi) is 5.87. The molecule has 0 aliphatic rings. The van der Waals surface area contributed by atoms with E-state index in [4.69, 9.17) is 5.73 Å². The maximum Gasteiger partial charge on any atom is 0.234 e. The largest absolute Gasteiger partial charge is 0.369 e. The van der Waals surface area contributed by atoms with Gasteiger partial charge in [0, 0.05) is 12.7 Å². The lowest BCUT2D eigenvalue weighted by Crippen LogP contribution is -2.39. The Morgan fingerprint density at radius 3 is 2.70 bits per heavy atom. The van der Waals surface area contributed by atoms with Gasteiger partial charge in [-0.1, -0.05) is 18.2 Å². The molecule has 1 aromatic heterocycles. The highest BCUT2D eigenvalue weighted by atomic mass is 16.2. The minimum absolute atomic E-state index is 0.0667. The van der Waals surface area contributed by atoms with Crippen molar-refractivity contribution >= 4 is 11.8 Å². The number of hydrogen-bond acceptors (Lipinski definition) is 4. The van der Waals surface area contributed by atoms with Crippen molar-refractivity contribution in [3.05, 3.63) is 48.3 Å². The first kappa shape index (κ1) is 16.7. The number of nitrogens with two attached hydrogens (primary N) is 1. The molecule has 0 spiro atoms. The number of primary amides is 1. The second kappa shape index (κ2) is 8.09. The van der Waals surface area contributed by atoms with Crippen molar-refractivity contribution in [1.29, 1.82) is 0 Å². The van der Waals surface area contributed by atoms with Crippen LogP contribution >= 0.6 is 0 Å². The molecule has 7 nitrogen and oxygen atoms in total. The van der Waals surface area contributed by atoms with Gasteiger partial charge in [-0.15, -0.1) is 0 Å². The molecular weight excluding hydrogens is 294 g/mol. The zero-order valence-electron chi connectivity index (χ0n) is 13.1. The Labute approximate surface area is 135 Å². The zero-order valence-corrected chi connectivity index (χ0v) is 13.1. The first-order valence-corrected chi connectivity index (χ1v) is 7.37. The Hall–Kier alpha value is -2.67. The predicted octanol–water partition coefficient (Wildman–Crippen LogP) is -0.0519. The first-order chi connectivity index (χ1) is 11.0. The molecule has 1 aromatic carbocycles. The highest BCUT2D eigenvalue weighted by Crippen LogP contribution is 2.07. The Balaban J connectivity index is 1.75. The van der Waals surface area contributed by atoms with Gasteiger partial charge in [-0.3, -0.25) is 14.5 Å². The van der Waals surface area contributed by atoms with Crippen molar-refractivity contribution in [1.82, 2.24) is 20.0 Å². The van der Waals surface area contributed by atoms with Crippen molar-refractivity contribution < 1.29 is 9.59 Å². The van der Waals surface area contributed by atoms with Crippen LogP contribution in [0.25, 0.3) is 5.69 Å². The van der Waals surface area contributed by atoms with E-state index >= 15 is 0 Å². The van der Waals surface area contributed by atoms with Crippen LogP contribution in [0.4, 0.5) is 0 Å². The lowest BCUT2D eigenvalue weighted by molar-refractivity contribution is -0.123. The van der Waals surface area contributed by atoms with Crippen molar-refractivity contribution in [3.8, 4) is 5.69 Å². The number of carbonyl (C=O) groups is 2. The molecule has 0 aliphatic carbocycles. The highest BCUT2D eigenvalue weighted by Gasteiger charge is 2.08. The average molecular weight is 315 g/mol. The summed E-state index contributed by atoms with van der Waals surface area (Å²) in [6.45, 7) is 0.729. The molecule has 7 heteroatoms. The van der Waals surface area contributed by atoms with Gasteiger partial charge in [-0.2, -0.15) is 5.10 Å². The molecule has 2 rings (SSSR count). The lowest BCUT2D eigenvalue weighted by Gasteiger charge is -2.13. The van der Waals surface area contributed by atoms with Crippen LogP contribution in [0, 0.1) is 0 Å². The van der Waals surface area contributed by atoms with E-state index in [0.717, 1.165) is 11.3 Å². The number of para-hydroxylation sites is 1. The van der Waals surface area contributed by atoms with Crippen LogP contribution in [0.2, 0.25) is 0 Å². The summed E-state index contributed by atoms with van der Waals surface area (Å²) in [5.74, 6) is -0.585. The van der Waals surface area contributed by atoms with Gasteiger partial charge in [0.15, 0.2) is 0 Å². The number of amides is 2. The summed E-state index contributed by atoms with van der Waals surface area (Å²) in [6.07, 6.45) is 4.43. The fourth-order valence-electron chi connectivity index (χ4n) is 2.18. The van der Waals surface area contributed by atoms with Crippen LogP contribution in [-0.4, -0.2) is 53.2 Å². The number of rotatable bonds is 8. The molecule has 23 heavy (non-hydrogen) atoms. The molecule has 1 heterocycles. The molecule has 0 bridgehead atoms. The molecule has 2 aromatic rings. The predicted molar refractivity (Wildman–Crippen MR) is 87.0 cm³/mol. The van der Waals surface area contributed by atoms with Crippen molar-refractivity contribution in [2.75, 3.05) is 26.7 Å². The molecule has 0 aliphatic heterocycles. The number of carbonyl (C=O) groups excluding carboxylic acids is 2. The zero-order chi connectivity index (χ0) is 16.7. The maximum atomic E-state index is 11.7. The molecule has 0 fully saturated rings. The van der Waals surface area contributed by atoms with E-state index in [0.29, 0.717) is 13.0 Å². The monoisotopic (exact) mass is 315 g/mol. The fraction of sp³-hybridized carbons (Fsp3) is 0.312. The van der Waals surface area contributed by atoms with Gasteiger partial charge in [0.05, 0.1) is 25.0 Å². The molecule has 0 unspecified atom stereocenters. The van der Waals surface area contributed by atoms with Gasteiger partial charge in [0.1, 0.15) is 0 Å². The summed E-state index contributed by atoms with van der Waals surface area (Å²) in [7, 11) is 1.67. The first-order valence-electron chi connectivity index (χ1n) is 7.37. The van der Waals surface area contributed by atoms with E-state index in [-0.39, 0.29) is 19.0 Å². The number of nitrogens with one attached hydrogen (secondary N) is 1. The van der Waals surface area contributed by atoms with Crippen LogP contribution in [0.15, 0.2) is 42.7 Å². The van der Waals surface area contributed by atoms with Crippen LogP contribution < -0.4 is 11.1 Å². The normalized spacial score (nSPS) is 10.7. The van der Waals surface area contributed by atoms with E-state index in [2.05, 4.69) is 10.4 Å². The van der Waals surface area contributed by atoms with E-state index < -0.39 is 5.91 Å². The summed E-state index contributed by atoms with van der Waals surface area (Å²) < 4.78 is 1.80. The van der Waals surface area contributed by atoms with E-state index in [1.165, 1.54) is 0 Å². The smallest absolute Gasteiger partial charge is 0.234 e. The lowest BCUT2D eigenvalue weighted by atomic mass is 10.2. The summed E-state index contributed by atoms with van der Waals surface area (Å²) in [4.78, 5) is 24.0. The number of likely N-dealkylation sites (N-methyl/N-ethyl adjacent to an activating group) is 1. The molecule has 2 amide bonds. The molecular formula is C16H21N5O2. The minimum Gasteiger partial charge on any atom is -0.369 e. The van der Waals surface area contributed by atoms with Gasteiger partial charge in [0.25, 0.3) is 0 Å². The van der Waals surface area contributed by atoms with Gasteiger partial charge in [-0.05, 0) is 31.2 Å². The van der Waals surface area contributed by atoms with Crippen molar-refractivity contribution in [2.45, 2.75) is 6.42 Å². The topological polar surface area (TPSA) is 93.2 Å². The number of nitrogens with zero attached hydrogens (tertiary/aromatic N) is 3. The summed E-state index contributed by atoms with van der Waals surface area (Å²) in [5.41, 5.74) is 7.11. The third-order valence-corrected chi connectivity index (χ3v) is 3.23. The molecule has 3 N–H and O–H groups in total. The number of benzene rings is 1. The quantitative estimate of drug-likeness (QED) is 0.714. The van der Waals surface area contributed by atoms with Crippen LogP contribution in [-0.2, 0) is 16.0 Å². The summed E-state index contributed by atoms with van der Waals surface area (Å²) in [6, 6.07) is 9.83. The third-order valence-electron chi connectivity index (χ3n) is 3.23. The molecule has 0 radical (unpaired) electrons. The second-order valence-electron chi connectivity index (χ2n) is 5.37. The fourth-order valence-corrected chi connectivity index (χ4v) is 2.18. The van der Waals surface area contributed by atoms with E-state index in [1.807, 2.05) is 36.5 Å². The van der Waals surface area contributed by atoms with Gasteiger partial charge in [-0.25, -0.2) is 4.68 Å². The van der Waals surface area contributed by atoms with Crippen molar-refractivity contribution in [3.63, 3.8) is 0 Å². The second-order valence-corrected chi connectivity index (χ2v) is 5.37. The van der Waals surface area contributed by atoms with Gasteiger partial charge < -0.3 is 11.1 Å². The van der Waals surface area contributed by atoms with Crippen LogP contribution in [0.5, 0.6) is 0 Å². The Morgan fingerprint density at radius 1 is 1.26 bits per heavy atom. The molecule has 122 valence electrons. The molecule has 0 atom stereocenters. The standard InChI is InChI=1S/C16H21N5O2/c1-20(11-15(17)22)12-16(23)18-8-7-13-9-19-21(10-13)14-5-3-2-4-6-14/h2-6,9-10H,7-8,11-12H2,1H3,(H2,17,22)(H,18,23). The Morgan fingerprint density at radius 2 is 2.00 bits per heavy atom. The maximum absolute atomic E-state index is 11.7. The molecule has 0 saturated carbocycles. The van der Waals surface area contributed by atoms with Gasteiger partial charge in [0.2, 0.25) is 11.8 Å². The minimum atomic E-state index is -0.450. The Bertz CT molecular complexity index is 654. The van der Waals surface area contributed by atoms with E-state index in [1.54, 1.807) is 22.8 Å². The third kappa shape index (κ3) is 5.55. The SMILES string of the molecule is CN(CC(N)=O)CC(=O)NCCc1cnn(-c2ccccc2)c1. The summed E-state index contributed by atoms with van der Waals surface area (Å²) >= 11 is 0. The highest BCUT2D eigenvalue weighted by molar-refractivity contribution is 5.80. The number of aromatic nitrogens is 2. The van der Waals surface area contributed by atoms with Crippen molar-refractivity contribution in [2.24, 2.45) is 5.73 Å². The van der Waals surface area contributed by atoms with Gasteiger partial charge >= 0.3 is 0 Å². The van der Waals surface area contributed by atoms with Crippen LogP contribution in [0.1, 0.15) is 5.56 Å². The van der Waals surface area contributed by atoms with Crippen LogP contribution in [0.3, 0.4) is 0 Å². The number of hydrogen-bond donors (Lipinski definition) is 2.